The minimum atomic E-state index is -4.70. The Hall–Kier alpha value is -2.18. The van der Waals surface area contributed by atoms with Crippen LogP contribution in [0.2, 0.25) is 10.0 Å². The fourth-order valence-electron chi connectivity index (χ4n) is 3.90. The van der Waals surface area contributed by atoms with Crippen molar-refractivity contribution < 1.29 is 22.7 Å². The normalized spacial score (nSPS) is 21.3. The standard InChI is InChI=1S/C23H20Cl2F3NO2/c1-13(7-21(30)29-19-3-2-4-19)14-5-6-20-15(8-14)12-22(31-20,23(26,27)28)16-9-17(24)11-18(25)10-16/h5-11,19H,2-4,12H2,1H3,(H,29,30). The van der Waals surface area contributed by atoms with Crippen molar-refractivity contribution in [2.24, 2.45) is 0 Å². The fourth-order valence-corrected chi connectivity index (χ4v) is 4.43. The molecule has 1 amide bonds. The van der Waals surface area contributed by atoms with Gasteiger partial charge in [-0.1, -0.05) is 29.3 Å². The van der Waals surface area contributed by atoms with E-state index in [4.69, 9.17) is 27.9 Å². The summed E-state index contributed by atoms with van der Waals surface area (Å²) in [6.45, 7) is 1.76. The first-order chi connectivity index (χ1) is 14.6. The number of alkyl halides is 3. The molecule has 1 unspecified atom stereocenters. The van der Waals surface area contributed by atoms with E-state index in [9.17, 15) is 18.0 Å². The zero-order valence-corrected chi connectivity index (χ0v) is 18.2. The predicted octanol–water partition coefficient (Wildman–Crippen LogP) is 6.46. The van der Waals surface area contributed by atoms with Crippen LogP contribution in [0, 0.1) is 0 Å². The highest BCUT2D eigenvalue weighted by molar-refractivity contribution is 6.34. The van der Waals surface area contributed by atoms with Gasteiger partial charge in [-0.05, 0) is 73.2 Å². The Labute approximate surface area is 188 Å². The zero-order valence-electron chi connectivity index (χ0n) is 16.7. The molecule has 31 heavy (non-hydrogen) atoms. The lowest BCUT2D eigenvalue weighted by Crippen LogP contribution is -2.46. The molecule has 1 saturated carbocycles. The molecule has 164 valence electrons. The molecule has 8 heteroatoms. The summed E-state index contributed by atoms with van der Waals surface area (Å²) in [6.07, 6.45) is -0.587. The van der Waals surface area contributed by atoms with Gasteiger partial charge in [-0.2, -0.15) is 13.2 Å². The van der Waals surface area contributed by atoms with E-state index in [1.165, 1.54) is 30.3 Å². The molecule has 4 rings (SSSR count). The van der Waals surface area contributed by atoms with Crippen molar-refractivity contribution in [3.8, 4) is 5.75 Å². The molecular formula is C23H20Cl2F3NO2. The van der Waals surface area contributed by atoms with Gasteiger partial charge in [-0.3, -0.25) is 4.79 Å². The van der Waals surface area contributed by atoms with E-state index < -0.39 is 18.2 Å². The monoisotopic (exact) mass is 469 g/mol. The Bertz CT molecular complexity index is 1040. The number of ether oxygens (including phenoxy) is 1. The minimum absolute atomic E-state index is 0.0997. The van der Waals surface area contributed by atoms with Gasteiger partial charge in [0.05, 0.1) is 0 Å². The molecule has 0 aromatic heterocycles. The average Bonchev–Trinajstić information content (AvgIpc) is 3.04. The van der Waals surface area contributed by atoms with Crippen LogP contribution in [0.3, 0.4) is 0 Å². The third kappa shape index (κ3) is 4.28. The molecule has 1 atom stereocenters. The second-order valence-electron chi connectivity index (χ2n) is 8.05. The van der Waals surface area contributed by atoms with Gasteiger partial charge in [-0.25, -0.2) is 0 Å². The van der Waals surface area contributed by atoms with Crippen LogP contribution in [-0.4, -0.2) is 18.1 Å². The summed E-state index contributed by atoms with van der Waals surface area (Å²) >= 11 is 11.9. The summed E-state index contributed by atoms with van der Waals surface area (Å²) in [5.74, 6) is -0.0546. The van der Waals surface area contributed by atoms with Gasteiger partial charge in [0.25, 0.3) is 0 Å². The van der Waals surface area contributed by atoms with Gasteiger partial charge >= 0.3 is 6.18 Å². The molecule has 0 bridgehead atoms. The van der Waals surface area contributed by atoms with Crippen molar-refractivity contribution >= 4 is 34.7 Å². The number of amides is 1. The number of carbonyl (C=O) groups excluding carboxylic acids is 1. The lowest BCUT2D eigenvalue weighted by atomic mass is 9.87. The Morgan fingerprint density at radius 3 is 2.42 bits per heavy atom. The van der Waals surface area contributed by atoms with E-state index in [0.29, 0.717) is 16.7 Å². The van der Waals surface area contributed by atoms with Gasteiger partial charge in [-0.15, -0.1) is 0 Å². The number of rotatable bonds is 4. The maximum Gasteiger partial charge on any atom is 0.432 e. The highest BCUT2D eigenvalue weighted by atomic mass is 35.5. The maximum atomic E-state index is 14.2. The Morgan fingerprint density at radius 1 is 1.16 bits per heavy atom. The quantitative estimate of drug-likeness (QED) is 0.521. The van der Waals surface area contributed by atoms with Gasteiger partial charge in [0, 0.05) is 34.1 Å². The van der Waals surface area contributed by atoms with Crippen LogP contribution < -0.4 is 10.1 Å². The number of hydrogen-bond acceptors (Lipinski definition) is 2. The number of hydrogen-bond donors (Lipinski definition) is 1. The fraction of sp³-hybridized carbons (Fsp3) is 0.348. The second kappa shape index (κ2) is 8.06. The summed E-state index contributed by atoms with van der Waals surface area (Å²) in [7, 11) is 0. The SMILES string of the molecule is CC(=CC(=O)NC1CCC1)c1ccc2c(c1)CC(c1cc(Cl)cc(Cl)c1)(C(F)(F)F)O2. The number of carbonyl (C=O) groups is 1. The van der Waals surface area contributed by atoms with Crippen molar-refractivity contribution in [1.82, 2.24) is 5.32 Å². The Balaban J connectivity index is 1.64. The van der Waals surface area contributed by atoms with E-state index in [-0.39, 0.29) is 33.3 Å². The maximum absolute atomic E-state index is 14.2. The average molecular weight is 470 g/mol. The predicted molar refractivity (Wildman–Crippen MR) is 114 cm³/mol. The molecule has 2 aromatic carbocycles. The van der Waals surface area contributed by atoms with Gasteiger partial charge < -0.3 is 10.1 Å². The van der Waals surface area contributed by atoms with Crippen molar-refractivity contribution in [2.75, 3.05) is 0 Å². The van der Waals surface area contributed by atoms with Crippen LogP contribution in [0.4, 0.5) is 13.2 Å². The first-order valence-corrected chi connectivity index (χ1v) is 10.7. The highest BCUT2D eigenvalue weighted by Gasteiger charge is 2.61. The van der Waals surface area contributed by atoms with Crippen LogP contribution in [0.1, 0.15) is 42.9 Å². The van der Waals surface area contributed by atoms with Crippen molar-refractivity contribution in [2.45, 2.75) is 50.4 Å². The molecule has 1 heterocycles. The molecule has 1 fully saturated rings. The summed E-state index contributed by atoms with van der Waals surface area (Å²) < 4.78 is 48.2. The molecule has 2 aliphatic rings. The first-order valence-electron chi connectivity index (χ1n) is 9.92. The van der Waals surface area contributed by atoms with E-state index >= 15 is 0 Å². The van der Waals surface area contributed by atoms with Crippen LogP contribution in [0.15, 0.2) is 42.5 Å². The van der Waals surface area contributed by atoms with Crippen LogP contribution in [0.5, 0.6) is 5.75 Å². The van der Waals surface area contributed by atoms with Crippen LogP contribution >= 0.6 is 23.2 Å². The Kier molecular flexibility index (Phi) is 5.73. The van der Waals surface area contributed by atoms with E-state index in [2.05, 4.69) is 5.32 Å². The van der Waals surface area contributed by atoms with E-state index in [1.54, 1.807) is 19.1 Å². The number of halogens is 5. The van der Waals surface area contributed by atoms with Gasteiger partial charge in [0.1, 0.15) is 5.75 Å². The third-order valence-corrected chi connectivity index (χ3v) is 6.26. The topological polar surface area (TPSA) is 38.3 Å². The number of fused-ring (bicyclic) bond motifs is 1. The van der Waals surface area contributed by atoms with Crippen molar-refractivity contribution in [1.29, 1.82) is 0 Å². The lowest BCUT2D eigenvalue weighted by molar-refractivity contribution is -0.248. The molecule has 0 saturated heterocycles. The third-order valence-electron chi connectivity index (χ3n) is 5.83. The van der Waals surface area contributed by atoms with Gasteiger partial charge in [0.2, 0.25) is 11.5 Å². The molecule has 1 aliphatic carbocycles. The number of benzene rings is 2. The summed E-state index contributed by atoms with van der Waals surface area (Å²) in [5.41, 5.74) is -1.01. The molecule has 1 aliphatic heterocycles. The molecule has 0 radical (unpaired) electrons. The van der Waals surface area contributed by atoms with Crippen LogP contribution in [-0.2, 0) is 16.8 Å². The number of nitrogens with one attached hydrogen (secondary N) is 1. The van der Waals surface area contributed by atoms with E-state index in [0.717, 1.165) is 19.3 Å². The molecule has 1 N–H and O–H groups in total. The van der Waals surface area contributed by atoms with E-state index in [1.807, 2.05) is 0 Å². The summed E-state index contributed by atoms with van der Waals surface area (Å²) in [4.78, 5) is 12.2. The molecule has 0 spiro atoms. The highest BCUT2D eigenvalue weighted by Crippen LogP contribution is 2.52. The summed E-state index contributed by atoms with van der Waals surface area (Å²) in [5, 5.41) is 3.12. The molecule has 3 nitrogen and oxygen atoms in total. The first kappa shape index (κ1) is 22.0. The molecule has 2 aromatic rings. The zero-order chi connectivity index (χ0) is 22.4. The molecular weight excluding hydrogens is 450 g/mol. The number of allylic oxidation sites excluding steroid dienone is 1. The second-order valence-corrected chi connectivity index (χ2v) is 8.92. The van der Waals surface area contributed by atoms with Crippen molar-refractivity contribution in [3.63, 3.8) is 0 Å². The van der Waals surface area contributed by atoms with Crippen LogP contribution in [0.25, 0.3) is 5.57 Å². The summed E-state index contributed by atoms with van der Waals surface area (Å²) in [6, 6.07) is 8.83. The largest absolute Gasteiger partial charge is 0.472 e. The Morgan fingerprint density at radius 2 is 1.84 bits per heavy atom. The smallest absolute Gasteiger partial charge is 0.432 e. The van der Waals surface area contributed by atoms with Crippen molar-refractivity contribution in [3.05, 3.63) is 69.2 Å². The van der Waals surface area contributed by atoms with Gasteiger partial charge in [0.15, 0.2) is 0 Å². The minimum Gasteiger partial charge on any atom is -0.472 e. The lowest BCUT2D eigenvalue weighted by Gasteiger charge is -2.31.